The molecule has 4 nitrogen and oxygen atoms in total. The average molecular weight is 225 g/mol. The molecule has 1 aliphatic heterocycles. The molecule has 2 heterocycles. The molecule has 0 saturated carbocycles. The number of piperidine rings is 1. The number of nitrogens with one attached hydrogen (secondary N) is 2. The summed E-state index contributed by atoms with van der Waals surface area (Å²) in [6, 6.07) is 0. The van der Waals surface area contributed by atoms with E-state index in [-0.39, 0.29) is 5.91 Å². The lowest BCUT2D eigenvalue weighted by Crippen LogP contribution is -2.37. The molecule has 1 aromatic heterocycles. The summed E-state index contributed by atoms with van der Waals surface area (Å²) in [6.45, 7) is 2.89. The number of hydrogen-bond donors (Lipinski definition) is 2. The van der Waals surface area contributed by atoms with Crippen LogP contribution in [0.25, 0.3) is 0 Å². The molecule has 1 atom stereocenters. The fourth-order valence-corrected chi connectivity index (χ4v) is 2.29. The van der Waals surface area contributed by atoms with Gasteiger partial charge in [0.2, 0.25) is 0 Å². The van der Waals surface area contributed by atoms with Crippen LogP contribution in [0.2, 0.25) is 0 Å². The van der Waals surface area contributed by atoms with E-state index in [2.05, 4.69) is 15.6 Å². The van der Waals surface area contributed by atoms with Crippen LogP contribution in [0.5, 0.6) is 0 Å². The number of carbonyl (C=O) groups excluding carboxylic acids is 1. The van der Waals surface area contributed by atoms with Crippen molar-refractivity contribution < 1.29 is 4.79 Å². The molecule has 2 N–H and O–H groups in total. The highest BCUT2D eigenvalue weighted by Gasteiger charge is 2.14. The largest absolute Gasteiger partial charge is 0.351 e. The number of thiazole rings is 1. The molecule has 0 aliphatic carbocycles. The Morgan fingerprint density at radius 2 is 2.67 bits per heavy atom. The highest BCUT2D eigenvalue weighted by Crippen LogP contribution is 2.09. The summed E-state index contributed by atoms with van der Waals surface area (Å²) in [6.07, 6.45) is 4.02. The number of amides is 1. The summed E-state index contributed by atoms with van der Waals surface area (Å²) in [5, 5.41) is 6.28. The molecule has 0 spiro atoms. The molecule has 82 valence electrons. The molecule has 15 heavy (non-hydrogen) atoms. The van der Waals surface area contributed by atoms with Crippen molar-refractivity contribution in [2.24, 2.45) is 5.92 Å². The van der Waals surface area contributed by atoms with E-state index in [1.54, 1.807) is 11.7 Å². The average Bonchev–Trinajstić information content (AvgIpc) is 2.81. The van der Waals surface area contributed by atoms with E-state index in [1.165, 1.54) is 24.2 Å². The SMILES string of the molecule is O=C(NCC1CCCNC1)c1cncs1. The monoisotopic (exact) mass is 225 g/mol. The van der Waals surface area contributed by atoms with Crippen molar-refractivity contribution in [3.63, 3.8) is 0 Å². The maximum Gasteiger partial charge on any atom is 0.263 e. The highest BCUT2D eigenvalue weighted by atomic mass is 32.1. The van der Waals surface area contributed by atoms with E-state index in [0.29, 0.717) is 10.8 Å². The Hall–Kier alpha value is -0.940. The standard InChI is InChI=1S/C10H15N3OS/c14-10(9-6-12-7-15-9)13-5-8-2-1-3-11-4-8/h6-8,11H,1-5H2,(H,13,14). The molecule has 1 amide bonds. The zero-order valence-electron chi connectivity index (χ0n) is 8.53. The van der Waals surface area contributed by atoms with E-state index < -0.39 is 0 Å². The minimum atomic E-state index is 0.00285. The maximum absolute atomic E-state index is 11.6. The van der Waals surface area contributed by atoms with Crippen LogP contribution in [0.4, 0.5) is 0 Å². The van der Waals surface area contributed by atoms with Gasteiger partial charge in [-0.1, -0.05) is 0 Å². The van der Waals surface area contributed by atoms with Crippen molar-refractivity contribution in [3.8, 4) is 0 Å². The van der Waals surface area contributed by atoms with Crippen molar-refractivity contribution in [3.05, 3.63) is 16.6 Å². The van der Waals surface area contributed by atoms with Gasteiger partial charge in [0, 0.05) is 6.54 Å². The lowest BCUT2D eigenvalue weighted by molar-refractivity contribution is 0.0948. The highest BCUT2D eigenvalue weighted by molar-refractivity contribution is 7.11. The van der Waals surface area contributed by atoms with Crippen LogP contribution in [0, 0.1) is 5.92 Å². The molecule has 1 aliphatic rings. The van der Waals surface area contributed by atoms with Crippen molar-refractivity contribution in [1.82, 2.24) is 15.6 Å². The molecule has 1 unspecified atom stereocenters. The Morgan fingerprint density at radius 3 is 3.33 bits per heavy atom. The number of aromatic nitrogens is 1. The second-order valence-electron chi connectivity index (χ2n) is 3.79. The summed E-state index contributed by atoms with van der Waals surface area (Å²) < 4.78 is 0. The van der Waals surface area contributed by atoms with E-state index >= 15 is 0 Å². The molecule has 1 saturated heterocycles. The van der Waals surface area contributed by atoms with Gasteiger partial charge in [-0.05, 0) is 31.8 Å². The Kier molecular flexibility index (Phi) is 3.69. The number of hydrogen-bond acceptors (Lipinski definition) is 4. The van der Waals surface area contributed by atoms with E-state index in [1.807, 2.05) is 0 Å². The minimum Gasteiger partial charge on any atom is -0.351 e. The topological polar surface area (TPSA) is 54.0 Å². The number of rotatable bonds is 3. The van der Waals surface area contributed by atoms with E-state index in [4.69, 9.17) is 0 Å². The minimum absolute atomic E-state index is 0.00285. The first-order valence-corrected chi connectivity index (χ1v) is 6.11. The molecule has 0 aromatic carbocycles. The van der Waals surface area contributed by atoms with E-state index in [0.717, 1.165) is 19.6 Å². The van der Waals surface area contributed by atoms with Crippen molar-refractivity contribution in [2.75, 3.05) is 19.6 Å². The van der Waals surface area contributed by atoms with Crippen LogP contribution in [-0.4, -0.2) is 30.5 Å². The van der Waals surface area contributed by atoms with Gasteiger partial charge in [0.15, 0.2) is 0 Å². The van der Waals surface area contributed by atoms with Crippen LogP contribution in [0.3, 0.4) is 0 Å². The third-order valence-corrected chi connectivity index (χ3v) is 3.38. The first-order valence-electron chi connectivity index (χ1n) is 5.23. The van der Waals surface area contributed by atoms with Gasteiger partial charge < -0.3 is 10.6 Å². The number of nitrogens with zero attached hydrogens (tertiary/aromatic N) is 1. The fraction of sp³-hybridized carbons (Fsp3) is 0.600. The molecular weight excluding hydrogens is 210 g/mol. The Bertz CT molecular complexity index is 306. The second-order valence-corrected chi connectivity index (χ2v) is 4.67. The zero-order chi connectivity index (χ0) is 10.5. The van der Waals surface area contributed by atoms with Gasteiger partial charge >= 0.3 is 0 Å². The lowest BCUT2D eigenvalue weighted by Gasteiger charge is -2.22. The predicted molar refractivity (Wildman–Crippen MR) is 60.0 cm³/mol. The third kappa shape index (κ3) is 3.00. The van der Waals surface area contributed by atoms with Crippen LogP contribution in [0.15, 0.2) is 11.7 Å². The molecule has 0 radical (unpaired) electrons. The molecule has 5 heteroatoms. The van der Waals surface area contributed by atoms with Crippen LogP contribution >= 0.6 is 11.3 Å². The summed E-state index contributed by atoms with van der Waals surface area (Å²) in [7, 11) is 0. The second kappa shape index (κ2) is 5.23. The molecule has 1 fully saturated rings. The zero-order valence-corrected chi connectivity index (χ0v) is 9.35. The van der Waals surface area contributed by atoms with Crippen LogP contribution in [0.1, 0.15) is 22.5 Å². The normalized spacial score (nSPS) is 21.2. The Morgan fingerprint density at radius 1 is 1.73 bits per heavy atom. The van der Waals surface area contributed by atoms with Gasteiger partial charge in [-0.3, -0.25) is 9.78 Å². The summed E-state index contributed by atoms with van der Waals surface area (Å²) in [4.78, 5) is 16.2. The van der Waals surface area contributed by atoms with Gasteiger partial charge in [-0.25, -0.2) is 0 Å². The summed E-state index contributed by atoms with van der Waals surface area (Å²) >= 11 is 1.38. The molecule has 2 rings (SSSR count). The van der Waals surface area contributed by atoms with Gasteiger partial charge in [-0.15, -0.1) is 11.3 Å². The predicted octanol–water partition coefficient (Wildman–Crippen LogP) is 0.872. The first-order chi connectivity index (χ1) is 7.36. The fourth-order valence-electron chi connectivity index (χ4n) is 1.75. The number of carbonyl (C=O) groups is 1. The van der Waals surface area contributed by atoms with Gasteiger partial charge in [0.05, 0.1) is 11.7 Å². The van der Waals surface area contributed by atoms with Crippen molar-refractivity contribution >= 4 is 17.2 Å². The summed E-state index contributed by atoms with van der Waals surface area (Å²) in [5.41, 5.74) is 1.68. The smallest absolute Gasteiger partial charge is 0.263 e. The molecule has 0 bridgehead atoms. The van der Waals surface area contributed by atoms with Crippen LogP contribution in [-0.2, 0) is 0 Å². The molecular formula is C10H15N3OS. The van der Waals surface area contributed by atoms with Crippen molar-refractivity contribution in [2.45, 2.75) is 12.8 Å². The first kappa shape index (κ1) is 10.6. The Balaban J connectivity index is 1.75. The lowest BCUT2D eigenvalue weighted by atomic mass is 10.00. The van der Waals surface area contributed by atoms with Gasteiger partial charge in [-0.2, -0.15) is 0 Å². The third-order valence-electron chi connectivity index (χ3n) is 2.61. The van der Waals surface area contributed by atoms with Crippen LogP contribution < -0.4 is 10.6 Å². The van der Waals surface area contributed by atoms with E-state index in [9.17, 15) is 4.79 Å². The van der Waals surface area contributed by atoms with Gasteiger partial charge in [0.1, 0.15) is 4.88 Å². The Labute approximate surface area is 93.1 Å². The van der Waals surface area contributed by atoms with Crippen molar-refractivity contribution in [1.29, 1.82) is 0 Å². The summed E-state index contributed by atoms with van der Waals surface area (Å²) in [5.74, 6) is 0.582. The molecule has 1 aromatic rings. The maximum atomic E-state index is 11.6. The quantitative estimate of drug-likeness (QED) is 0.802. The van der Waals surface area contributed by atoms with Gasteiger partial charge in [0.25, 0.3) is 5.91 Å².